The molecule has 0 aliphatic carbocycles. The molecular weight excluding hydrogens is 411 g/mol. The van der Waals surface area contributed by atoms with Gasteiger partial charge in [0.05, 0.1) is 6.54 Å². The summed E-state index contributed by atoms with van der Waals surface area (Å²) in [6.45, 7) is 6.74. The van der Waals surface area contributed by atoms with Crippen LogP contribution >= 0.6 is 24.0 Å². The SMILES string of the molecule is CCNC(=NCCc1ccc(C)cc1)N(C)Cc1cccn1C.I. The van der Waals surface area contributed by atoms with Crippen molar-refractivity contribution in [3.05, 3.63) is 59.4 Å². The van der Waals surface area contributed by atoms with Gasteiger partial charge in [-0.1, -0.05) is 29.8 Å². The average molecular weight is 440 g/mol. The predicted octanol–water partition coefficient (Wildman–Crippen LogP) is 3.59. The molecule has 0 fully saturated rings. The topological polar surface area (TPSA) is 32.6 Å². The standard InChI is InChI=1S/C19H28N4.HI/c1-5-20-19(23(4)15-18-7-6-14-22(18)3)21-13-12-17-10-8-16(2)9-11-17;/h6-11,14H,5,12-13,15H2,1-4H3,(H,20,21);1H. The monoisotopic (exact) mass is 440 g/mol. The molecule has 0 aliphatic rings. The molecule has 0 amide bonds. The number of aromatic nitrogens is 1. The van der Waals surface area contributed by atoms with Gasteiger partial charge in [-0.15, -0.1) is 24.0 Å². The number of nitrogens with one attached hydrogen (secondary N) is 1. The quantitative estimate of drug-likeness (QED) is 0.423. The first-order chi connectivity index (χ1) is 11.1. The van der Waals surface area contributed by atoms with Gasteiger partial charge in [-0.3, -0.25) is 4.99 Å². The second kappa shape index (κ2) is 10.4. The highest BCUT2D eigenvalue weighted by Gasteiger charge is 2.08. The largest absolute Gasteiger partial charge is 0.357 e. The maximum absolute atomic E-state index is 4.76. The minimum atomic E-state index is 0. The highest BCUT2D eigenvalue weighted by Crippen LogP contribution is 2.06. The number of aryl methyl sites for hydroxylation is 2. The third-order valence-corrected chi connectivity index (χ3v) is 3.93. The van der Waals surface area contributed by atoms with Crippen molar-refractivity contribution < 1.29 is 0 Å². The van der Waals surface area contributed by atoms with Crippen molar-refractivity contribution >= 4 is 29.9 Å². The molecule has 0 radical (unpaired) electrons. The van der Waals surface area contributed by atoms with Crippen LogP contribution < -0.4 is 5.32 Å². The van der Waals surface area contributed by atoms with Gasteiger partial charge in [0.15, 0.2) is 5.96 Å². The van der Waals surface area contributed by atoms with Gasteiger partial charge in [-0.25, -0.2) is 0 Å². The summed E-state index contributed by atoms with van der Waals surface area (Å²) in [6.07, 6.45) is 3.04. The van der Waals surface area contributed by atoms with Crippen LogP contribution in [0.15, 0.2) is 47.6 Å². The summed E-state index contributed by atoms with van der Waals surface area (Å²) in [5, 5.41) is 3.38. The van der Waals surface area contributed by atoms with Gasteiger partial charge in [0.1, 0.15) is 0 Å². The van der Waals surface area contributed by atoms with E-state index in [0.29, 0.717) is 0 Å². The highest BCUT2D eigenvalue weighted by molar-refractivity contribution is 14.0. The van der Waals surface area contributed by atoms with Crippen LogP contribution in [0.3, 0.4) is 0 Å². The van der Waals surface area contributed by atoms with Gasteiger partial charge in [0.25, 0.3) is 0 Å². The highest BCUT2D eigenvalue weighted by atomic mass is 127. The minimum Gasteiger partial charge on any atom is -0.357 e. The van der Waals surface area contributed by atoms with Crippen molar-refractivity contribution in [2.75, 3.05) is 20.1 Å². The fraction of sp³-hybridized carbons (Fsp3) is 0.421. The molecule has 0 saturated heterocycles. The molecule has 1 N–H and O–H groups in total. The Morgan fingerprint density at radius 1 is 1.21 bits per heavy atom. The Bertz CT molecular complexity index is 631. The molecule has 5 heteroatoms. The maximum Gasteiger partial charge on any atom is 0.194 e. The lowest BCUT2D eigenvalue weighted by atomic mass is 10.1. The smallest absolute Gasteiger partial charge is 0.194 e. The third-order valence-electron chi connectivity index (χ3n) is 3.93. The first-order valence-corrected chi connectivity index (χ1v) is 8.25. The molecule has 0 aliphatic heterocycles. The first kappa shape index (κ1) is 20.5. The predicted molar refractivity (Wildman–Crippen MR) is 113 cm³/mol. The first-order valence-electron chi connectivity index (χ1n) is 8.25. The van der Waals surface area contributed by atoms with Crippen LogP contribution in [0, 0.1) is 6.92 Å². The van der Waals surface area contributed by atoms with E-state index >= 15 is 0 Å². The molecule has 132 valence electrons. The number of guanidine groups is 1. The van der Waals surface area contributed by atoms with E-state index in [1.54, 1.807) is 0 Å². The van der Waals surface area contributed by atoms with Crippen molar-refractivity contribution in [3.63, 3.8) is 0 Å². The van der Waals surface area contributed by atoms with Crippen molar-refractivity contribution in [1.82, 2.24) is 14.8 Å². The van der Waals surface area contributed by atoms with Crippen molar-refractivity contribution in [1.29, 1.82) is 0 Å². The summed E-state index contributed by atoms with van der Waals surface area (Å²) in [7, 11) is 4.16. The van der Waals surface area contributed by atoms with Gasteiger partial charge >= 0.3 is 0 Å². The van der Waals surface area contributed by atoms with Gasteiger partial charge in [-0.05, 0) is 38.0 Å². The van der Waals surface area contributed by atoms with Crippen LogP contribution in [0.1, 0.15) is 23.7 Å². The molecule has 2 rings (SSSR count). The van der Waals surface area contributed by atoms with Crippen LogP contribution in [-0.4, -0.2) is 35.6 Å². The van der Waals surface area contributed by atoms with E-state index in [1.165, 1.54) is 16.8 Å². The lowest BCUT2D eigenvalue weighted by Gasteiger charge is -2.22. The summed E-state index contributed by atoms with van der Waals surface area (Å²) in [5.74, 6) is 0.959. The molecule has 2 aromatic rings. The molecular formula is C19H29IN4. The second-order valence-electron chi connectivity index (χ2n) is 5.94. The number of nitrogens with zero attached hydrogens (tertiary/aromatic N) is 3. The van der Waals surface area contributed by atoms with E-state index in [9.17, 15) is 0 Å². The number of halogens is 1. The summed E-state index contributed by atoms with van der Waals surface area (Å²) in [6, 6.07) is 12.9. The molecule has 0 spiro atoms. The fourth-order valence-electron chi connectivity index (χ4n) is 2.49. The van der Waals surface area contributed by atoms with Gasteiger partial charge < -0.3 is 14.8 Å². The maximum atomic E-state index is 4.76. The van der Waals surface area contributed by atoms with E-state index in [4.69, 9.17) is 4.99 Å². The fourth-order valence-corrected chi connectivity index (χ4v) is 2.49. The number of hydrogen-bond acceptors (Lipinski definition) is 1. The van der Waals surface area contributed by atoms with E-state index in [-0.39, 0.29) is 24.0 Å². The number of hydrogen-bond donors (Lipinski definition) is 1. The number of rotatable bonds is 6. The van der Waals surface area contributed by atoms with E-state index in [1.807, 2.05) is 0 Å². The normalized spacial score (nSPS) is 11.1. The zero-order chi connectivity index (χ0) is 16.7. The summed E-state index contributed by atoms with van der Waals surface area (Å²) in [4.78, 5) is 6.94. The summed E-state index contributed by atoms with van der Waals surface area (Å²) < 4.78 is 2.15. The molecule has 1 aromatic heterocycles. The molecule has 0 saturated carbocycles. The Balaban J connectivity index is 0.00000288. The zero-order valence-electron chi connectivity index (χ0n) is 15.1. The van der Waals surface area contributed by atoms with Gasteiger partial charge in [-0.2, -0.15) is 0 Å². The van der Waals surface area contributed by atoms with Crippen LogP contribution in [0.2, 0.25) is 0 Å². The van der Waals surface area contributed by atoms with E-state index < -0.39 is 0 Å². The van der Waals surface area contributed by atoms with Crippen molar-refractivity contribution in [3.8, 4) is 0 Å². The zero-order valence-corrected chi connectivity index (χ0v) is 17.5. The van der Waals surface area contributed by atoms with Crippen molar-refractivity contribution in [2.45, 2.75) is 26.8 Å². The van der Waals surface area contributed by atoms with Crippen LogP contribution in [0.25, 0.3) is 0 Å². The molecule has 0 atom stereocenters. The van der Waals surface area contributed by atoms with Crippen LogP contribution in [0.4, 0.5) is 0 Å². The Hall–Kier alpha value is -1.50. The van der Waals surface area contributed by atoms with Gasteiger partial charge in [0, 0.05) is 39.1 Å². The lowest BCUT2D eigenvalue weighted by Crippen LogP contribution is -2.39. The molecule has 0 bridgehead atoms. The summed E-state index contributed by atoms with van der Waals surface area (Å²) >= 11 is 0. The van der Waals surface area contributed by atoms with Gasteiger partial charge in [0.2, 0.25) is 0 Å². The molecule has 1 heterocycles. The number of aliphatic imine (C=N–C) groups is 1. The van der Waals surface area contributed by atoms with Crippen LogP contribution in [0.5, 0.6) is 0 Å². The molecule has 1 aromatic carbocycles. The third kappa shape index (κ3) is 6.19. The van der Waals surface area contributed by atoms with E-state index in [2.05, 4.69) is 85.3 Å². The Morgan fingerprint density at radius 2 is 1.92 bits per heavy atom. The minimum absolute atomic E-state index is 0. The Kier molecular flexibility index (Phi) is 8.89. The Morgan fingerprint density at radius 3 is 2.50 bits per heavy atom. The van der Waals surface area contributed by atoms with E-state index in [0.717, 1.165) is 32.0 Å². The Labute approximate surface area is 163 Å². The lowest BCUT2D eigenvalue weighted by molar-refractivity contribution is 0.462. The molecule has 0 unspecified atom stereocenters. The molecule has 24 heavy (non-hydrogen) atoms. The second-order valence-corrected chi connectivity index (χ2v) is 5.94. The average Bonchev–Trinajstić information content (AvgIpc) is 2.93. The van der Waals surface area contributed by atoms with Crippen LogP contribution in [-0.2, 0) is 20.0 Å². The summed E-state index contributed by atoms with van der Waals surface area (Å²) in [5.41, 5.74) is 3.91. The number of benzene rings is 1. The van der Waals surface area contributed by atoms with Crippen molar-refractivity contribution in [2.24, 2.45) is 12.0 Å². The molecule has 4 nitrogen and oxygen atoms in total.